The number of hydrogen-bond acceptors (Lipinski definition) is 3. The number of carbonyl (C=O) groups excluding carboxylic acids is 1. The van der Waals surface area contributed by atoms with E-state index in [9.17, 15) is 4.79 Å². The average molecular weight is 258 g/mol. The van der Waals surface area contributed by atoms with Crippen molar-refractivity contribution in [1.82, 2.24) is 5.32 Å². The Morgan fingerprint density at radius 1 is 1.59 bits per heavy atom. The smallest absolute Gasteiger partial charge is 0.258 e. The van der Waals surface area contributed by atoms with Crippen molar-refractivity contribution < 1.29 is 14.6 Å². The number of amides is 1. The monoisotopic (exact) mass is 257 g/mol. The van der Waals surface area contributed by atoms with Crippen molar-refractivity contribution in [3.8, 4) is 5.75 Å². The average Bonchev–Trinajstić information content (AvgIpc) is 2.30. The molecule has 0 saturated heterocycles. The molecule has 0 fully saturated rings. The highest BCUT2D eigenvalue weighted by molar-refractivity contribution is 6.31. The van der Waals surface area contributed by atoms with Crippen LogP contribution in [0.5, 0.6) is 5.75 Å². The number of benzene rings is 1. The Bertz CT molecular complexity index is 395. The minimum absolute atomic E-state index is 0.0780. The molecule has 94 valence electrons. The summed E-state index contributed by atoms with van der Waals surface area (Å²) < 4.78 is 5.30. The first-order valence-corrected chi connectivity index (χ1v) is 5.70. The molecule has 0 saturated carbocycles. The summed E-state index contributed by atoms with van der Waals surface area (Å²) >= 11 is 5.87. The van der Waals surface area contributed by atoms with E-state index in [0.29, 0.717) is 10.8 Å². The number of aliphatic hydroxyl groups excluding tert-OH is 1. The van der Waals surface area contributed by atoms with Gasteiger partial charge in [-0.15, -0.1) is 0 Å². The fourth-order valence-electron chi connectivity index (χ4n) is 1.22. The lowest BCUT2D eigenvalue weighted by Gasteiger charge is -2.11. The molecule has 2 N–H and O–H groups in total. The fraction of sp³-hybridized carbons (Fsp3) is 0.417. The Hall–Kier alpha value is -1.26. The van der Waals surface area contributed by atoms with Crippen molar-refractivity contribution in [2.24, 2.45) is 0 Å². The number of hydrogen-bond donors (Lipinski definition) is 2. The van der Waals surface area contributed by atoms with Crippen molar-refractivity contribution in [2.45, 2.75) is 19.9 Å². The van der Waals surface area contributed by atoms with Crippen molar-refractivity contribution in [1.29, 1.82) is 0 Å². The lowest BCUT2D eigenvalue weighted by molar-refractivity contribution is -0.123. The highest BCUT2D eigenvalue weighted by Gasteiger charge is 2.07. The van der Waals surface area contributed by atoms with Gasteiger partial charge in [-0.3, -0.25) is 4.79 Å². The summed E-state index contributed by atoms with van der Waals surface area (Å²) in [6.07, 6.45) is 0. The number of carbonyl (C=O) groups is 1. The van der Waals surface area contributed by atoms with Crippen molar-refractivity contribution in [2.75, 3.05) is 13.2 Å². The van der Waals surface area contributed by atoms with E-state index in [0.717, 1.165) is 5.56 Å². The Labute approximate surface area is 106 Å². The van der Waals surface area contributed by atoms with Crippen molar-refractivity contribution in [3.63, 3.8) is 0 Å². The van der Waals surface area contributed by atoms with Crippen LogP contribution in [0.4, 0.5) is 0 Å². The molecule has 1 unspecified atom stereocenters. The minimum Gasteiger partial charge on any atom is -0.484 e. The second-order valence-electron chi connectivity index (χ2n) is 3.85. The van der Waals surface area contributed by atoms with Gasteiger partial charge in [0.1, 0.15) is 5.75 Å². The molecule has 0 radical (unpaired) electrons. The first-order valence-electron chi connectivity index (χ1n) is 5.32. The Kier molecular flexibility index (Phi) is 5.25. The standard InChI is InChI=1S/C12H16ClNO3/c1-8-5-10(3-4-11(8)13)17-7-12(16)14-9(2)6-15/h3-5,9,15H,6-7H2,1-2H3,(H,14,16). The third kappa shape index (κ3) is 4.63. The van der Waals surface area contributed by atoms with Gasteiger partial charge < -0.3 is 15.2 Å². The lowest BCUT2D eigenvalue weighted by atomic mass is 10.2. The van der Waals surface area contributed by atoms with E-state index in [-0.39, 0.29) is 25.2 Å². The molecule has 0 heterocycles. The Balaban J connectivity index is 2.45. The van der Waals surface area contributed by atoms with Crippen LogP contribution in [0.25, 0.3) is 0 Å². The van der Waals surface area contributed by atoms with E-state index in [1.165, 1.54) is 0 Å². The summed E-state index contributed by atoms with van der Waals surface area (Å²) in [4.78, 5) is 11.4. The van der Waals surface area contributed by atoms with Crippen LogP contribution in [-0.2, 0) is 4.79 Å². The summed E-state index contributed by atoms with van der Waals surface area (Å²) in [6, 6.07) is 4.93. The lowest BCUT2D eigenvalue weighted by Crippen LogP contribution is -2.38. The molecule has 0 spiro atoms. The molecule has 0 aliphatic heterocycles. The second kappa shape index (κ2) is 6.47. The van der Waals surface area contributed by atoms with Crippen LogP contribution in [0.1, 0.15) is 12.5 Å². The molecule has 0 aromatic heterocycles. The van der Waals surface area contributed by atoms with Crippen LogP contribution in [0.15, 0.2) is 18.2 Å². The topological polar surface area (TPSA) is 58.6 Å². The summed E-state index contributed by atoms with van der Waals surface area (Å²) in [7, 11) is 0. The van der Waals surface area contributed by atoms with E-state index >= 15 is 0 Å². The summed E-state index contributed by atoms with van der Waals surface area (Å²) in [5.74, 6) is 0.331. The summed E-state index contributed by atoms with van der Waals surface area (Å²) in [5.41, 5.74) is 0.897. The zero-order valence-electron chi connectivity index (χ0n) is 9.87. The number of ether oxygens (including phenoxy) is 1. The maximum Gasteiger partial charge on any atom is 0.258 e. The molecular formula is C12H16ClNO3. The highest BCUT2D eigenvalue weighted by Crippen LogP contribution is 2.20. The van der Waals surface area contributed by atoms with Gasteiger partial charge >= 0.3 is 0 Å². The molecule has 1 aromatic carbocycles. The molecule has 4 nitrogen and oxygen atoms in total. The molecule has 17 heavy (non-hydrogen) atoms. The zero-order valence-corrected chi connectivity index (χ0v) is 10.6. The predicted octanol–water partition coefficient (Wildman–Crippen LogP) is 1.52. The number of aliphatic hydroxyl groups is 1. The minimum atomic E-state index is -0.266. The molecule has 1 aromatic rings. The quantitative estimate of drug-likeness (QED) is 0.841. The van der Waals surface area contributed by atoms with Crippen LogP contribution >= 0.6 is 11.6 Å². The molecule has 1 rings (SSSR count). The van der Waals surface area contributed by atoms with Gasteiger partial charge in [-0.2, -0.15) is 0 Å². The van der Waals surface area contributed by atoms with Crippen LogP contribution in [0.3, 0.4) is 0 Å². The molecule has 0 bridgehead atoms. The van der Waals surface area contributed by atoms with Crippen molar-refractivity contribution in [3.05, 3.63) is 28.8 Å². The fourth-order valence-corrected chi connectivity index (χ4v) is 1.34. The predicted molar refractivity (Wildman–Crippen MR) is 66.4 cm³/mol. The van der Waals surface area contributed by atoms with Crippen LogP contribution in [0.2, 0.25) is 5.02 Å². The van der Waals surface area contributed by atoms with E-state index in [2.05, 4.69) is 5.32 Å². The molecule has 1 atom stereocenters. The van der Waals surface area contributed by atoms with Gasteiger partial charge in [0.05, 0.1) is 6.61 Å². The Morgan fingerprint density at radius 3 is 2.88 bits per heavy atom. The van der Waals surface area contributed by atoms with Gasteiger partial charge in [-0.25, -0.2) is 0 Å². The molecule has 1 amide bonds. The Morgan fingerprint density at radius 2 is 2.29 bits per heavy atom. The summed E-state index contributed by atoms with van der Waals surface area (Å²) in [6.45, 7) is 3.41. The third-order valence-corrected chi connectivity index (χ3v) is 2.60. The maximum absolute atomic E-state index is 11.4. The largest absolute Gasteiger partial charge is 0.484 e. The van der Waals surface area contributed by atoms with Gasteiger partial charge in [0.2, 0.25) is 0 Å². The van der Waals surface area contributed by atoms with Gasteiger partial charge in [-0.05, 0) is 37.6 Å². The second-order valence-corrected chi connectivity index (χ2v) is 4.26. The SMILES string of the molecule is Cc1cc(OCC(=O)NC(C)CO)ccc1Cl. The van der Waals surface area contributed by atoms with Crippen LogP contribution in [-0.4, -0.2) is 30.3 Å². The van der Waals surface area contributed by atoms with E-state index < -0.39 is 0 Å². The van der Waals surface area contributed by atoms with Crippen molar-refractivity contribution >= 4 is 17.5 Å². The molecule has 0 aliphatic rings. The van der Waals surface area contributed by atoms with E-state index in [1.54, 1.807) is 25.1 Å². The van der Waals surface area contributed by atoms with E-state index in [4.69, 9.17) is 21.4 Å². The molecular weight excluding hydrogens is 242 g/mol. The van der Waals surface area contributed by atoms with Crippen LogP contribution in [0, 0.1) is 6.92 Å². The van der Waals surface area contributed by atoms with Gasteiger partial charge in [0.15, 0.2) is 6.61 Å². The number of rotatable bonds is 5. The number of halogens is 1. The normalized spacial score (nSPS) is 12.0. The van der Waals surface area contributed by atoms with Gasteiger partial charge in [0, 0.05) is 11.1 Å². The first kappa shape index (κ1) is 13.8. The maximum atomic E-state index is 11.4. The van der Waals surface area contributed by atoms with Gasteiger partial charge in [0.25, 0.3) is 5.91 Å². The number of aryl methyl sites for hydroxylation is 1. The molecule has 0 aliphatic carbocycles. The van der Waals surface area contributed by atoms with Gasteiger partial charge in [-0.1, -0.05) is 11.6 Å². The van der Waals surface area contributed by atoms with E-state index in [1.807, 2.05) is 6.92 Å². The summed E-state index contributed by atoms with van der Waals surface area (Å²) in [5, 5.41) is 12.0. The van der Waals surface area contributed by atoms with Crippen LogP contribution < -0.4 is 10.1 Å². The third-order valence-electron chi connectivity index (χ3n) is 2.18. The number of nitrogens with one attached hydrogen (secondary N) is 1. The highest BCUT2D eigenvalue weighted by atomic mass is 35.5. The first-order chi connectivity index (χ1) is 8.02. The zero-order chi connectivity index (χ0) is 12.8. The molecule has 5 heteroatoms.